The van der Waals surface area contributed by atoms with Crippen molar-refractivity contribution in [2.45, 2.75) is 26.8 Å². The molecule has 0 saturated carbocycles. The number of hydrogen-bond acceptors (Lipinski definition) is 2. The fourth-order valence-corrected chi connectivity index (χ4v) is 2.20. The summed E-state index contributed by atoms with van der Waals surface area (Å²) in [6.45, 7) is 6.17. The minimum absolute atomic E-state index is 0.266. The van der Waals surface area contributed by atoms with Crippen LogP contribution in [0.4, 0.5) is 0 Å². The second kappa shape index (κ2) is 6.29. The lowest BCUT2D eigenvalue weighted by molar-refractivity contribution is 0.478. The number of benzene rings is 2. The summed E-state index contributed by atoms with van der Waals surface area (Å²) in [4.78, 5) is 0. The van der Waals surface area contributed by atoms with Gasteiger partial charge >= 0.3 is 0 Å². The second-order valence-electron chi connectivity index (χ2n) is 5.07. The standard InChI is InChI=1S/C17H20ClNO/c1-11-5-6-12(2)17(9-11)20-16-8-7-14(10-15(16)18)13(3)19-4/h5-10,13,19H,1-4H3. The maximum absolute atomic E-state index is 6.32. The van der Waals surface area contributed by atoms with Crippen LogP contribution in [0, 0.1) is 13.8 Å². The van der Waals surface area contributed by atoms with Crippen LogP contribution in [0.25, 0.3) is 0 Å². The molecule has 0 radical (unpaired) electrons. The van der Waals surface area contributed by atoms with Gasteiger partial charge in [0.25, 0.3) is 0 Å². The van der Waals surface area contributed by atoms with Gasteiger partial charge in [0.2, 0.25) is 0 Å². The smallest absolute Gasteiger partial charge is 0.146 e. The van der Waals surface area contributed by atoms with Crippen molar-refractivity contribution in [3.8, 4) is 11.5 Å². The summed E-state index contributed by atoms with van der Waals surface area (Å²) in [6.07, 6.45) is 0. The largest absolute Gasteiger partial charge is 0.456 e. The summed E-state index contributed by atoms with van der Waals surface area (Å²) in [5, 5.41) is 3.82. The first-order valence-electron chi connectivity index (χ1n) is 6.73. The molecule has 0 bridgehead atoms. The van der Waals surface area contributed by atoms with Crippen molar-refractivity contribution in [2.24, 2.45) is 0 Å². The van der Waals surface area contributed by atoms with Crippen molar-refractivity contribution < 1.29 is 4.74 Å². The van der Waals surface area contributed by atoms with Crippen LogP contribution in [-0.4, -0.2) is 7.05 Å². The molecule has 2 aromatic rings. The zero-order valence-electron chi connectivity index (χ0n) is 12.3. The van der Waals surface area contributed by atoms with Crippen molar-refractivity contribution in [2.75, 3.05) is 7.05 Å². The number of nitrogens with one attached hydrogen (secondary N) is 1. The average molecular weight is 290 g/mol. The van der Waals surface area contributed by atoms with E-state index in [0.29, 0.717) is 10.8 Å². The molecule has 0 aliphatic rings. The van der Waals surface area contributed by atoms with Crippen LogP contribution in [0.15, 0.2) is 36.4 Å². The molecule has 0 aliphatic heterocycles. The zero-order chi connectivity index (χ0) is 14.7. The molecule has 0 saturated heterocycles. The topological polar surface area (TPSA) is 21.3 Å². The molecule has 0 heterocycles. The van der Waals surface area contributed by atoms with E-state index in [2.05, 4.69) is 24.4 Å². The van der Waals surface area contributed by atoms with Crippen molar-refractivity contribution in [3.63, 3.8) is 0 Å². The molecular weight excluding hydrogens is 270 g/mol. The molecule has 0 fully saturated rings. The Kier molecular flexibility index (Phi) is 4.69. The predicted molar refractivity (Wildman–Crippen MR) is 84.9 cm³/mol. The fourth-order valence-electron chi connectivity index (χ4n) is 1.97. The molecule has 0 aliphatic carbocycles. The Morgan fingerprint density at radius 2 is 1.80 bits per heavy atom. The van der Waals surface area contributed by atoms with E-state index in [9.17, 15) is 0 Å². The van der Waals surface area contributed by atoms with Crippen molar-refractivity contribution >= 4 is 11.6 Å². The normalized spacial score (nSPS) is 12.2. The maximum Gasteiger partial charge on any atom is 0.146 e. The third-order valence-corrected chi connectivity index (χ3v) is 3.75. The molecular formula is C17H20ClNO. The Bertz CT molecular complexity index is 610. The van der Waals surface area contributed by atoms with Gasteiger partial charge in [0.15, 0.2) is 0 Å². The Morgan fingerprint density at radius 1 is 1.05 bits per heavy atom. The van der Waals surface area contributed by atoms with E-state index in [0.717, 1.165) is 16.9 Å². The summed E-state index contributed by atoms with van der Waals surface area (Å²) in [6, 6.07) is 12.3. The molecule has 1 unspecified atom stereocenters. The highest BCUT2D eigenvalue weighted by Crippen LogP contribution is 2.33. The first-order valence-corrected chi connectivity index (χ1v) is 7.11. The highest BCUT2D eigenvalue weighted by Gasteiger charge is 2.09. The van der Waals surface area contributed by atoms with Crippen molar-refractivity contribution in [1.29, 1.82) is 0 Å². The SMILES string of the molecule is CNC(C)c1ccc(Oc2cc(C)ccc2C)c(Cl)c1. The van der Waals surface area contributed by atoms with E-state index in [1.807, 2.05) is 45.2 Å². The molecule has 0 amide bonds. The van der Waals surface area contributed by atoms with Crippen molar-refractivity contribution in [3.05, 3.63) is 58.1 Å². The number of ether oxygens (including phenoxy) is 1. The van der Waals surface area contributed by atoms with Gasteiger partial charge in [-0.2, -0.15) is 0 Å². The average Bonchev–Trinajstić information content (AvgIpc) is 2.44. The third kappa shape index (κ3) is 3.33. The van der Waals surface area contributed by atoms with Crippen LogP contribution in [-0.2, 0) is 0 Å². The summed E-state index contributed by atoms with van der Waals surface area (Å²) < 4.78 is 5.94. The van der Waals surface area contributed by atoms with Gasteiger partial charge in [0, 0.05) is 6.04 Å². The van der Waals surface area contributed by atoms with Crippen LogP contribution in [0.5, 0.6) is 11.5 Å². The molecule has 1 N–H and O–H groups in total. The first kappa shape index (κ1) is 14.9. The molecule has 0 spiro atoms. The number of halogens is 1. The van der Waals surface area contributed by atoms with Crippen LogP contribution < -0.4 is 10.1 Å². The third-order valence-electron chi connectivity index (χ3n) is 3.45. The minimum atomic E-state index is 0.266. The lowest BCUT2D eigenvalue weighted by Crippen LogP contribution is -2.12. The Morgan fingerprint density at radius 3 is 2.45 bits per heavy atom. The van der Waals surface area contributed by atoms with Crippen LogP contribution in [0.1, 0.15) is 29.7 Å². The van der Waals surface area contributed by atoms with E-state index in [1.54, 1.807) is 0 Å². The van der Waals surface area contributed by atoms with Gasteiger partial charge in [-0.15, -0.1) is 0 Å². The van der Waals surface area contributed by atoms with E-state index < -0.39 is 0 Å². The highest BCUT2D eigenvalue weighted by molar-refractivity contribution is 6.32. The predicted octanol–water partition coefficient (Wildman–Crippen LogP) is 5.03. The van der Waals surface area contributed by atoms with Gasteiger partial charge in [-0.25, -0.2) is 0 Å². The molecule has 2 nitrogen and oxygen atoms in total. The van der Waals surface area contributed by atoms with E-state index in [-0.39, 0.29) is 6.04 Å². The van der Waals surface area contributed by atoms with E-state index in [4.69, 9.17) is 16.3 Å². The number of rotatable bonds is 4. The molecule has 106 valence electrons. The lowest BCUT2D eigenvalue weighted by Gasteiger charge is -2.14. The van der Waals surface area contributed by atoms with Gasteiger partial charge in [-0.05, 0) is 62.7 Å². The Labute approximate surface area is 125 Å². The first-order chi connectivity index (χ1) is 9.51. The molecule has 0 aromatic heterocycles. The monoisotopic (exact) mass is 289 g/mol. The lowest BCUT2D eigenvalue weighted by atomic mass is 10.1. The molecule has 2 aromatic carbocycles. The fraction of sp³-hybridized carbons (Fsp3) is 0.294. The Balaban J connectivity index is 2.28. The molecule has 1 atom stereocenters. The van der Waals surface area contributed by atoms with Crippen LogP contribution >= 0.6 is 11.6 Å². The summed E-state index contributed by atoms with van der Waals surface area (Å²) in [7, 11) is 1.93. The van der Waals surface area contributed by atoms with Gasteiger partial charge in [0.05, 0.1) is 5.02 Å². The van der Waals surface area contributed by atoms with Gasteiger partial charge < -0.3 is 10.1 Å². The van der Waals surface area contributed by atoms with Gasteiger partial charge in [-0.3, -0.25) is 0 Å². The summed E-state index contributed by atoms with van der Waals surface area (Å²) >= 11 is 6.32. The molecule has 2 rings (SSSR count). The second-order valence-corrected chi connectivity index (χ2v) is 5.48. The number of hydrogen-bond donors (Lipinski definition) is 1. The van der Waals surface area contributed by atoms with Crippen molar-refractivity contribution in [1.82, 2.24) is 5.32 Å². The van der Waals surface area contributed by atoms with Crippen LogP contribution in [0.3, 0.4) is 0 Å². The highest BCUT2D eigenvalue weighted by atomic mass is 35.5. The quantitative estimate of drug-likeness (QED) is 0.852. The van der Waals surface area contributed by atoms with Crippen LogP contribution in [0.2, 0.25) is 5.02 Å². The van der Waals surface area contributed by atoms with Gasteiger partial charge in [0.1, 0.15) is 11.5 Å². The van der Waals surface area contributed by atoms with E-state index in [1.165, 1.54) is 5.56 Å². The Hall–Kier alpha value is -1.51. The van der Waals surface area contributed by atoms with Gasteiger partial charge in [-0.1, -0.05) is 29.8 Å². The summed E-state index contributed by atoms with van der Waals surface area (Å²) in [5.41, 5.74) is 3.41. The minimum Gasteiger partial charge on any atom is -0.456 e. The van der Waals surface area contributed by atoms with E-state index >= 15 is 0 Å². The maximum atomic E-state index is 6.32. The molecule has 20 heavy (non-hydrogen) atoms. The summed E-state index contributed by atoms with van der Waals surface area (Å²) in [5.74, 6) is 1.54. The number of aryl methyl sites for hydroxylation is 2. The molecule has 3 heteroatoms. The zero-order valence-corrected chi connectivity index (χ0v) is 13.1.